The van der Waals surface area contributed by atoms with Gasteiger partial charge in [-0.1, -0.05) is 42.1 Å². The first-order valence-corrected chi connectivity index (χ1v) is 11.2. The first-order valence-electron chi connectivity index (χ1n) is 10.3. The highest BCUT2D eigenvalue weighted by atomic mass is 32.2. The fourth-order valence-electron chi connectivity index (χ4n) is 3.17. The van der Waals surface area contributed by atoms with Crippen molar-refractivity contribution in [3.05, 3.63) is 101 Å². The van der Waals surface area contributed by atoms with Gasteiger partial charge >= 0.3 is 0 Å². The van der Waals surface area contributed by atoms with Crippen molar-refractivity contribution in [1.29, 1.82) is 0 Å². The number of amides is 2. The van der Waals surface area contributed by atoms with Gasteiger partial charge in [-0.05, 0) is 55.0 Å². The van der Waals surface area contributed by atoms with Crippen LogP contribution in [0.5, 0.6) is 0 Å². The molecule has 0 fully saturated rings. The van der Waals surface area contributed by atoms with Crippen molar-refractivity contribution >= 4 is 46.2 Å². The summed E-state index contributed by atoms with van der Waals surface area (Å²) in [6.07, 6.45) is 1.58. The zero-order valence-corrected chi connectivity index (χ0v) is 19.0. The molecule has 0 saturated heterocycles. The molecule has 3 aromatic rings. The van der Waals surface area contributed by atoms with E-state index < -0.39 is 46.0 Å². The third-order valence-electron chi connectivity index (χ3n) is 4.96. The van der Waals surface area contributed by atoms with E-state index >= 15 is 0 Å². The normalized spacial score (nSPS) is 15.3. The van der Waals surface area contributed by atoms with Crippen molar-refractivity contribution in [3.8, 4) is 0 Å². The highest BCUT2D eigenvalue weighted by Gasteiger charge is 2.34. The second kappa shape index (κ2) is 10.1. The summed E-state index contributed by atoms with van der Waals surface area (Å²) in [5, 5.41) is 1.43. The summed E-state index contributed by atoms with van der Waals surface area (Å²) < 4.78 is 54.1. The number of hydrogen-bond acceptors (Lipinski definition) is 4. The van der Waals surface area contributed by atoms with Gasteiger partial charge in [-0.15, -0.1) is 0 Å². The Kier molecular flexibility index (Phi) is 7.02. The van der Waals surface area contributed by atoms with Crippen molar-refractivity contribution in [3.63, 3.8) is 0 Å². The second-order valence-electron chi connectivity index (χ2n) is 7.42. The number of rotatable bonds is 5. The van der Waals surface area contributed by atoms with Crippen LogP contribution in [-0.2, 0) is 9.59 Å². The van der Waals surface area contributed by atoms with Crippen molar-refractivity contribution < 1.29 is 27.2 Å². The number of carbonyl (C=O) groups is 2. The number of amidine groups is 1. The first kappa shape index (κ1) is 24.2. The molecule has 2 amide bonds. The lowest BCUT2D eigenvalue weighted by molar-refractivity contribution is -0.115. The molecule has 1 heterocycles. The molecule has 0 aliphatic carbocycles. The average Bonchev–Trinajstić information content (AvgIpc) is 3.14. The molecule has 0 bridgehead atoms. The maximum Gasteiger partial charge on any atom is 0.283 e. The predicted octanol–water partition coefficient (Wildman–Crippen LogP) is 5.75. The van der Waals surface area contributed by atoms with Crippen LogP contribution in [0.2, 0.25) is 0 Å². The van der Waals surface area contributed by atoms with Gasteiger partial charge in [-0.2, -0.15) is 0 Å². The molecule has 0 spiro atoms. The Morgan fingerprint density at radius 3 is 2.34 bits per heavy atom. The van der Waals surface area contributed by atoms with Crippen LogP contribution in [0.3, 0.4) is 0 Å². The number of aliphatic imine (C=N–C) groups is 1. The standard InChI is InChI=1S/C25H17F4N3O2S/c1-14(23(33)30-19-12-11-18(27)21(28)22(19)29)35-25-31-20(13-15-5-3-2-4-6-15)24(34)32(25)17-9-7-16(26)8-10-17/h2-14H,1H3,(H,30,33)/b20-13-. The lowest BCUT2D eigenvalue weighted by Gasteiger charge is -2.20. The minimum absolute atomic E-state index is 0.0993. The molecule has 10 heteroatoms. The Bertz CT molecular complexity index is 1340. The molecule has 35 heavy (non-hydrogen) atoms. The summed E-state index contributed by atoms with van der Waals surface area (Å²) >= 11 is 0.891. The van der Waals surface area contributed by atoms with E-state index in [0.29, 0.717) is 11.8 Å². The summed E-state index contributed by atoms with van der Waals surface area (Å²) in [5.41, 5.74) is 0.635. The van der Waals surface area contributed by atoms with Gasteiger partial charge in [0, 0.05) is 0 Å². The Hall–Kier alpha value is -3.92. The average molecular weight is 499 g/mol. The van der Waals surface area contributed by atoms with Crippen LogP contribution < -0.4 is 10.2 Å². The zero-order chi connectivity index (χ0) is 25.1. The van der Waals surface area contributed by atoms with E-state index in [0.717, 1.165) is 23.4 Å². The van der Waals surface area contributed by atoms with E-state index in [1.54, 1.807) is 30.3 Å². The number of halogens is 4. The fourth-order valence-corrected chi connectivity index (χ4v) is 4.10. The first-order chi connectivity index (χ1) is 16.7. The quantitative estimate of drug-likeness (QED) is 0.276. The van der Waals surface area contributed by atoms with Crippen LogP contribution in [0.1, 0.15) is 12.5 Å². The van der Waals surface area contributed by atoms with E-state index in [1.807, 2.05) is 6.07 Å². The maximum atomic E-state index is 14.0. The van der Waals surface area contributed by atoms with Gasteiger partial charge < -0.3 is 5.32 Å². The third kappa shape index (κ3) is 5.27. The van der Waals surface area contributed by atoms with Gasteiger partial charge in [0.15, 0.2) is 22.6 Å². The lowest BCUT2D eigenvalue weighted by atomic mass is 10.2. The molecular weight excluding hydrogens is 482 g/mol. The van der Waals surface area contributed by atoms with E-state index in [1.165, 1.54) is 36.1 Å². The van der Waals surface area contributed by atoms with Gasteiger partial charge in [0.2, 0.25) is 5.91 Å². The number of anilines is 2. The lowest BCUT2D eigenvalue weighted by Crippen LogP contribution is -2.33. The third-order valence-corrected chi connectivity index (χ3v) is 6.01. The molecule has 0 aromatic heterocycles. The predicted molar refractivity (Wildman–Crippen MR) is 128 cm³/mol. The molecule has 1 N–H and O–H groups in total. The van der Waals surface area contributed by atoms with Gasteiger partial charge in [-0.3, -0.25) is 14.5 Å². The summed E-state index contributed by atoms with van der Waals surface area (Å²) in [4.78, 5) is 31.4. The fraction of sp³-hybridized carbons (Fsp3) is 0.0800. The molecule has 1 aliphatic heterocycles. The van der Waals surface area contributed by atoms with Crippen LogP contribution >= 0.6 is 11.8 Å². The molecule has 0 radical (unpaired) electrons. The van der Waals surface area contributed by atoms with Crippen LogP contribution in [-0.4, -0.2) is 22.2 Å². The monoisotopic (exact) mass is 499 g/mol. The van der Waals surface area contributed by atoms with Crippen molar-refractivity contribution in [2.75, 3.05) is 10.2 Å². The Morgan fingerprint density at radius 1 is 0.971 bits per heavy atom. The van der Waals surface area contributed by atoms with Gasteiger partial charge in [0.25, 0.3) is 5.91 Å². The van der Waals surface area contributed by atoms with Crippen molar-refractivity contribution in [1.82, 2.24) is 0 Å². The molecular formula is C25H17F4N3O2S. The molecule has 3 aromatic carbocycles. The number of benzene rings is 3. The van der Waals surface area contributed by atoms with Gasteiger partial charge in [0.05, 0.1) is 16.6 Å². The van der Waals surface area contributed by atoms with Crippen molar-refractivity contribution in [2.45, 2.75) is 12.2 Å². The van der Waals surface area contributed by atoms with E-state index in [2.05, 4.69) is 10.3 Å². The Labute approximate surface area is 202 Å². The largest absolute Gasteiger partial charge is 0.323 e. The number of nitrogens with zero attached hydrogens (tertiary/aromatic N) is 2. The minimum atomic E-state index is -1.70. The Balaban J connectivity index is 1.61. The second-order valence-corrected chi connectivity index (χ2v) is 8.73. The molecule has 1 aliphatic rings. The Morgan fingerprint density at radius 2 is 1.66 bits per heavy atom. The summed E-state index contributed by atoms with van der Waals surface area (Å²) in [6.45, 7) is 1.48. The topological polar surface area (TPSA) is 61.8 Å². The molecule has 5 nitrogen and oxygen atoms in total. The van der Waals surface area contributed by atoms with Crippen LogP contribution in [0.25, 0.3) is 6.08 Å². The number of nitrogens with one attached hydrogen (secondary N) is 1. The van der Waals surface area contributed by atoms with Crippen molar-refractivity contribution in [2.24, 2.45) is 4.99 Å². The summed E-state index contributed by atoms with van der Waals surface area (Å²) in [6, 6.07) is 15.8. The SMILES string of the molecule is CC(SC1=N/C(=C\c2ccccc2)C(=O)N1c1ccc(F)cc1)C(=O)Nc1ccc(F)c(F)c1F. The summed E-state index contributed by atoms with van der Waals surface area (Å²) in [5.74, 6) is -6.31. The van der Waals surface area contributed by atoms with Gasteiger partial charge in [-0.25, -0.2) is 22.6 Å². The van der Waals surface area contributed by atoms with Crippen LogP contribution in [0.4, 0.5) is 28.9 Å². The zero-order valence-electron chi connectivity index (χ0n) is 18.1. The molecule has 1 unspecified atom stereocenters. The minimum Gasteiger partial charge on any atom is -0.323 e. The maximum absolute atomic E-state index is 14.0. The molecule has 4 rings (SSSR count). The number of thioether (sulfide) groups is 1. The molecule has 0 saturated carbocycles. The summed E-state index contributed by atoms with van der Waals surface area (Å²) in [7, 11) is 0. The number of carbonyl (C=O) groups excluding carboxylic acids is 2. The molecule has 178 valence electrons. The van der Waals surface area contributed by atoms with E-state index in [-0.39, 0.29) is 10.9 Å². The van der Waals surface area contributed by atoms with E-state index in [9.17, 15) is 27.2 Å². The number of hydrogen-bond donors (Lipinski definition) is 1. The van der Waals surface area contributed by atoms with Gasteiger partial charge in [0.1, 0.15) is 11.5 Å². The van der Waals surface area contributed by atoms with Crippen LogP contribution in [0, 0.1) is 23.3 Å². The highest BCUT2D eigenvalue weighted by Crippen LogP contribution is 2.32. The smallest absolute Gasteiger partial charge is 0.283 e. The van der Waals surface area contributed by atoms with Crippen LogP contribution in [0.15, 0.2) is 77.4 Å². The van der Waals surface area contributed by atoms with E-state index in [4.69, 9.17) is 0 Å². The highest BCUT2D eigenvalue weighted by molar-refractivity contribution is 8.15. The molecule has 1 atom stereocenters.